The van der Waals surface area contributed by atoms with Crippen LogP contribution in [-0.2, 0) is 11.8 Å². The number of amides is 1. The Labute approximate surface area is 202 Å². The molecule has 1 aliphatic rings. The van der Waals surface area contributed by atoms with Gasteiger partial charge in [-0.3, -0.25) is 9.48 Å². The summed E-state index contributed by atoms with van der Waals surface area (Å²) in [5.74, 6) is -0.225. The number of piperazine rings is 1. The van der Waals surface area contributed by atoms with E-state index in [0.29, 0.717) is 31.7 Å². The van der Waals surface area contributed by atoms with Gasteiger partial charge in [0.2, 0.25) is 5.91 Å². The molecule has 174 valence electrons. The number of rotatable bonds is 4. The molecular weight excluding hydrogens is 454 g/mol. The Bertz CT molecular complexity index is 1360. The van der Waals surface area contributed by atoms with Crippen LogP contribution in [0, 0.1) is 11.3 Å². The fourth-order valence-electron chi connectivity index (χ4n) is 4.32. The second kappa shape index (κ2) is 9.55. The minimum atomic E-state index is -0.444. The summed E-state index contributed by atoms with van der Waals surface area (Å²) >= 11 is 0. The number of benzene rings is 1. The summed E-state index contributed by atoms with van der Waals surface area (Å²) < 4.78 is 3.51. The number of aliphatic hydroxyl groups excluding tert-OH is 1. The van der Waals surface area contributed by atoms with Gasteiger partial charge in [-0.15, -0.1) is 12.4 Å². The van der Waals surface area contributed by atoms with Crippen molar-refractivity contribution >= 4 is 29.5 Å². The minimum Gasteiger partial charge on any atom is -0.387 e. The maximum absolute atomic E-state index is 11.7. The molecule has 34 heavy (non-hydrogen) atoms. The van der Waals surface area contributed by atoms with Crippen molar-refractivity contribution in [3.05, 3.63) is 60.7 Å². The van der Waals surface area contributed by atoms with Crippen molar-refractivity contribution in [2.24, 2.45) is 7.05 Å². The molecule has 0 atom stereocenters. The number of nitrogens with zero attached hydrogens (tertiary/aromatic N) is 7. The molecule has 4 aromatic rings. The zero-order valence-electron chi connectivity index (χ0n) is 18.6. The third kappa shape index (κ3) is 4.21. The molecule has 1 fully saturated rings. The van der Waals surface area contributed by atoms with Crippen molar-refractivity contribution < 1.29 is 9.90 Å². The van der Waals surface area contributed by atoms with Crippen LogP contribution >= 0.6 is 12.4 Å². The number of pyridine rings is 1. The Morgan fingerprint density at radius 3 is 2.38 bits per heavy atom. The highest BCUT2D eigenvalue weighted by Crippen LogP contribution is 2.33. The summed E-state index contributed by atoms with van der Waals surface area (Å²) in [6, 6.07) is 12.6. The van der Waals surface area contributed by atoms with Crippen LogP contribution < -0.4 is 4.90 Å². The Kier molecular flexibility index (Phi) is 6.54. The molecule has 10 heteroatoms. The fraction of sp³-hybridized carbons (Fsp3) is 0.250. The number of carbonyl (C=O) groups is 1. The van der Waals surface area contributed by atoms with Crippen LogP contribution in [0.3, 0.4) is 0 Å². The molecule has 5 rings (SSSR count). The molecule has 1 N–H and O–H groups in total. The molecular formula is C24H24ClN7O2. The zero-order chi connectivity index (χ0) is 22.9. The van der Waals surface area contributed by atoms with Crippen molar-refractivity contribution in [1.29, 1.82) is 5.26 Å². The van der Waals surface area contributed by atoms with Crippen molar-refractivity contribution in [1.82, 2.24) is 24.3 Å². The maximum atomic E-state index is 11.7. The Morgan fingerprint density at radius 2 is 1.76 bits per heavy atom. The number of aryl methyl sites for hydroxylation is 1. The number of carbonyl (C=O) groups excluding carboxylic acids is 1. The molecule has 0 bridgehead atoms. The fourth-order valence-corrected chi connectivity index (χ4v) is 4.32. The van der Waals surface area contributed by atoms with Gasteiger partial charge >= 0.3 is 0 Å². The Morgan fingerprint density at radius 1 is 1.03 bits per heavy atom. The smallest absolute Gasteiger partial charge is 0.248 e. The second-order valence-electron chi connectivity index (χ2n) is 8.08. The molecule has 0 aliphatic carbocycles. The van der Waals surface area contributed by atoms with Crippen LogP contribution in [0.2, 0.25) is 0 Å². The van der Waals surface area contributed by atoms with E-state index in [1.807, 2.05) is 25.6 Å². The lowest BCUT2D eigenvalue weighted by molar-refractivity contribution is -0.134. The molecule has 1 amide bonds. The topological polar surface area (TPSA) is 103 Å². The normalized spacial score (nSPS) is 13.6. The molecule has 3 aromatic heterocycles. The molecule has 0 spiro atoms. The molecule has 9 nitrogen and oxygen atoms in total. The first-order chi connectivity index (χ1) is 16.1. The number of nitriles is 1. The van der Waals surface area contributed by atoms with Gasteiger partial charge < -0.3 is 14.9 Å². The van der Waals surface area contributed by atoms with Gasteiger partial charge in [-0.1, -0.05) is 12.1 Å². The number of aliphatic hydroxyl groups is 1. The molecule has 0 saturated carbocycles. The van der Waals surface area contributed by atoms with Gasteiger partial charge in [0.05, 0.1) is 23.5 Å². The number of hydrogen-bond donors (Lipinski definition) is 1. The maximum Gasteiger partial charge on any atom is 0.248 e. The quantitative estimate of drug-likeness (QED) is 0.484. The van der Waals surface area contributed by atoms with Crippen molar-refractivity contribution in [3.63, 3.8) is 0 Å². The molecule has 1 saturated heterocycles. The second-order valence-corrected chi connectivity index (χ2v) is 8.08. The average Bonchev–Trinajstić information content (AvgIpc) is 3.49. The number of hydrogen-bond acceptors (Lipinski definition) is 6. The predicted octanol–water partition coefficient (Wildman–Crippen LogP) is 2.34. The van der Waals surface area contributed by atoms with Crippen LogP contribution in [0.15, 0.2) is 55.1 Å². The summed E-state index contributed by atoms with van der Waals surface area (Å²) in [7, 11) is 1.88. The third-order valence-electron chi connectivity index (χ3n) is 6.08. The van der Waals surface area contributed by atoms with Crippen molar-refractivity contribution in [2.45, 2.75) is 0 Å². The number of aromatic nitrogens is 4. The van der Waals surface area contributed by atoms with Crippen molar-refractivity contribution in [3.8, 4) is 28.3 Å². The van der Waals surface area contributed by atoms with Crippen LogP contribution in [0.1, 0.15) is 5.56 Å². The average molecular weight is 478 g/mol. The molecule has 4 heterocycles. The van der Waals surface area contributed by atoms with E-state index in [1.165, 1.54) is 0 Å². The summed E-state index contributed by atoms with van der Waals surface area (Å²) in [6.45, 7) is 2.17. The lowest BCUT2D eigenvalue weighted by Gasteiger charge is -2.36. The SMILES string of the molecule is Cl.Cn1cc(-c2cc(-c3ccc(N4CCN(C(=O)CO)CC4)cc3)c3c(C#N)cnn3c2)cn1. The van der Waals surface area contributed by atoms with E-state index < -0.39 is 6.61 Å². The van der Waals surface area contributed by atoms with Crippen LogP contribution in [-0.4, -0.2) is 68.1 Å². The molecule has 0 unspecified atom stereocenters. The van der Waals surface area contributed by atoms with E-state index in [2.05, 4.69) is 51.5 Å². The Balaban J connectivity index is 0.00000274. The van der Waals surface area contributed by atoms with Gasteiger partial charge in [-0.25, -0.2) is 4.52 Å². The van der Waals surface area contributed by atoms with Crippen LogP contribution in [0.5, 0.6) is 0 Å². The highest BCUT2D eigenvalue weighted by atomic mass is 35.5. The first-order valence-corrected chi connectivity index (χ1v) is 10.7. The summed E-state index contributed by atoms with van der Waals surface area (Å²) in [5.41, 5.74) is 6.22. The predicted molar refractivity (Wildman–Crippen MR) is 131 cm³/mol. The molecule has 1 aromatic carbocycles. The first-order valence-electron chi connectivity index (χ1n) is 10.7. The Hall–Kier alpha value is -3.87. The largest absolute Gasteiger partial charge is 0.387 e. The van der Waals surface area contributed by atoms with Gasteiger partial charge in [0.25, 0.3) is 0 Å². The van der Waals surface area contributed by atoms with E-state index in [1.54, 1.807) is 20.3 Å². The lowest BCUT2D eigenvalue weighted by atomic mass is 9.99. The zero-order valence-corrected chi connectivity index (χ0v) is 19.4. The molecule has 1 aliphatic heterocycles. The summed E-state index contributed by atoms with van der Waals surface area (Å²) in [6.07, 6.45) is 7.26. The summed E-state index contributed by atoms with van der Waals surface area (Å²) in [5, 5.41) is 27.3. The third-order valence-corrected chi connectivity index (χ3v) is 6.08. The van der Waals surface area contributed by atoms with Gasteiger partial charge in [-0.05, 0) is 23.8 Å². The van der Waals surface area contributed by atoms with Gasteiger partial charge in [-0.2, -0.15) is 15.5 Å². The van der Waals surface area contributed by atoms with Crippen molar-refractivity contribution in [2.75, 3.05) is 37.7 Å². The van der Waals surface area contributed by atoms with Crippen LogP contribution in [0.25, 0.3) is 27.8 Å². The van der Waals surface area contributed by atoms with Gasteiger partial charge in [0, 0.05) is 68.0 Å². The molecule has 0 radical (unpaired) electrons. The van der Waals surface area contributed by atoms with E-state index in [9.17, 15) is 10.1 Å². The van der Waals surface area contributed by atoms with E-state index in [-0.39, 0.29) is 18.3 Å². The minimum absolute atomic E-state index is 0. The van der Waals surface area contributed by atoms with Gasteiger partial charge in [0.1, 0.15) is 12.7 Å². The summed E-state index contributed by atoms with van der Waals surface area (Å²) in [4.78, 5) is 15.6. The van der Waals surface area contributed by atoms with E-state index >= 15 is 0 Å². The van der Waals surface area contributed by atoms with Gasteiger partial charge in [0.15, 0.2) is 0 Å². The lowest BCUT2D eigenvalue weighted by Crippen LogP contribution is -2.49. The monoisotopic (exact) mass is 477 g/mol. The first kappa shape index (κ1) is 23.3. The van der Waals surface area contributed by atoms with E-state index in [0.717, 1.165) is 33.5 Å². The highest BCUT2D eigenvalue weighted by Gasteiger charge is 2.21. The number of halogens is 1. The number of anilines is 1. The standard InChI is InChI=1S/C24H23N7O2.ClH/c1-28-14-20(13-26-28)18-10-22(24-19(11-25)12-27-31(24)15-18)17-2-4-21(5-3-17)29-6-8-30(9-7-29)23(33)16-32;/h2-5,10,12-15,32H,6-9,16H2,1H3;1H. The highest BCUT2D eigenvalue weighted by molar-refractivity contribution is 5.88. The van der Waals surface area contributed by atoms with Crippen LogP contribution in [0.4, 0.5) is 5.69 Å². The number of fused-ring (bicyclic) bond motifs is 1. The van der Waals surface area contributed by atoms with E-state index in [4.69, 9.17) is 5.11 Å².